The molecule has 0 saturated carbocycles. The Kier molecular flexibility index (Phi) is 2.97. The van der Waals surface area contributed by atoms with Crippen molar-refractivity contribution in [2.24, 2.45) is 5.73 Å². The fraction of sp³-hybridized carbons (Fsp3) is 0.222. The summed E-state index contributed by atoms with van der Waals surface area (Å²) < 4.78 is 12.9. The molecule has 0 aliphatic carbocycles. The average Bonchev–Trinajstić information content (AvgIpc) is 2.08. The highest BCUT2D eigenvalue weighted by Gasteiger charge is 2.07. The fourth-order valence-corrected chi connectivity index (χ4v) is 0.984. The minimum absolute atomic E-state index is 0.0466. The molecular weight excluding hydrogens is 173 g/mol. The van der Waals surface area contributed by atoms with Gasteiger partial charge in [0.2, 0.25) is 0 Å². The van der Waals surface area contributed by atoms with Crippen LogP contribution in [0.2, 0.25) is 0 Å². The number of rotatable bonds is 3. The van der Waals surface area contributed by atoms with Crippen molar-refractivity contribution in [2.75, 3.05) is 0 Å². The van der Waals surface area contributed by atoms with Gasteiger partial charge in [-0.1, -0.05) is 18.2 Å². The zero-order chi connectivity index (χ0) is 9.84. The summed E-state index contributed by atoms with van der Waals surface area (Å²) in [6.07, 6.45) is -0.0466. The molecule has 0 aliphatic rings. The van der Waals surface area contributed by atoms with E-state index in [2.05, 4.69) is 0 Å². The third-order valence-electron chi connectivity index (χ3n) is 1.70. The number of carbonyl (C=O) groups is 1. The van der Waals surface area contributed by atoms with E-state index >= 15 is 0 Å². The third kappa shape index (κ3) is 2.52. The summed E-state index contributed by atoms with van der Waals surface area (Å²) in [6.45, 7) is 0. The molecule has 0 bridgehead atoms. The van der Waals surface area contributed by atoms with Gasteiger partial charge < -0.3 is 15.6 Å². The van der Waals surface area contributed by atoms with Gasteiger partial charge in [-0.15, -0.1) is 0 Å². The van der Waals surface area contributed by atoms with E-state index in [1.807, 2.05) is 0 Å². The van der Waals surface area contributed by atoms with Gasteiger partial charge in [0.05, 0.1) is 5.97 Å². The number of carbonyl (C=O) groups excluding carboxylic acids is 1. The highest BCUT2D eigenvalue weighted by atomic mass is 19.1. The summed E-state index contributed by atoms with van der Waals surface area (Å²) in [7, 11) is 0. The standard InChI is InChI=1S/C9H10FNO2/c10-7-4-2-1-3-6(7)5-8(11)9(12)13/h1-4,8H,5,11H2,(H,12,13)/p-1/t8-/m0/s1. The molecule has 0 aromatic heterocycles. The first-order chi connectivity index (χ1) is 6.11. The van der Waals surface area contributed by atoms with E-state index in [0.717, 1.165) is 0 Å². The van der Waals surface area contributed by atoms with Gasteiger partial charge in [0.15, 0.2) is 0 Å². The van der Waals surface area contributed by atoms with Crippen LogP contribution in [-0.2, 0) is 11.2 Å². The summed E-state index contributed by atoms with van der Waals surface area (Å²) in [4.78, 5) is 10.3. The number of hydrogen-bond donors (Lipinski definition) is 1. The first kappa shape index (κ1) is 9.67. The van der Waals surface area contributed by atoms with Crippen LogP contribution in [0.3, 0.4) is 0 Å². The lowest BCUT2D eigenvalue weighted by Crippen LogP contribution is -2.43. The molecule has 0 aliphatic heterocycles. The number of halogens is 1. The predicted octanol–water partition coefficient (Wildman–Crippen LogP) is -0.555. The number of hydrogen-bond acceptors (Lipinski definition) is 3. The molecule has 0 spiro atoms. The Bertz CT molecular complexity index is 314. The number of benzene rings is 1. The summed E-state index contributed by atoms with van der Waals surface area (Å²) >= 11 is 0. The predicted molar refractivity (Wildman–Crippen MR) is 43.1 cm³/mol. The van der Waals surface area contributed by atoms with Crippen LogP contribution in [0.5, 0.6) is 0 Å². The van der Waals surface area contributed by atoms with Crippen molar-refractivity contribution in [1.82, 2.24) is 0 Å². The minimum Gasteiger partial charge on any atom is -0.548 e. The Balaban J connectivity index is 2.74. The summed E-state index contributed by atoms with van der Waals surface area (Å²) in [6, 6.07) is 4.76. The van der Waals surface area contributed by atoms with Crippen molar-refractivity contribution in [3.05, 3.63) is 35.6 Å². The highest BCUT2D eigenvalue weighted by molar-refractivity contribution is 5.71. The summed E-state index contributed by atoms with van der Waals surface area (Å²) in [5, 5.41) is 10.3. The second-order valence-electron chi connectivity index (χ2n) is 2.72. The lowest BCUT2D eigenvalue weighted by Gasteiger charge is -2.12. The number of aliphatic carboxylic acids is 1. The van der Waals surface area contributed by atoms with Crippen LogP contribution in [0.4, 0.5) is 4.39 Å². The molecule has 70 valence electrons. The van der Waals surface area contributed by atoms with Crippen LogP contribution in [0.25, 0.3) is 0 Å². The zero-order valence-electron chi connectivity index (χ0n) is 6.87. The van der Waals surface area contributed by atoms with E-state index in [4.69, 9.17) is 5.73 Å². The minimum atomic E-state index is -1.37. The monoisotopic (exact) mass is 182 g/mol. The Labute approximate surface area is 75.0 Å². The topological polar surface area (TPSA) is 66.2 Å². The largest absolute Gasteiger partial charge is 0.548 e. The van der Waals surface area contributed by atoms with Gasteiger partial charge in [-0.25, -0.2) is 4.39 Å². The molecule has 0 heterocycles. The Hall–Kier alpha value is -1.42. The van der Waals surface area contributed by atoms with E-state index in [1.165, 1.54) is 18.2 Å². The van der Waals surface area contributed by atoms with Crippen LogP contribution < -0.4 is 10.8 Å². The van der Waals surface area contributed by atoms with Gasteiger partial charge in [-0.05, 0) is 18.1 Å². The first-order valence-corrected chi connectivity index (χ1v) is 3.81. The molecule has 1 atom stereocenters. The van der Waals surface area contributed by atoms with Crippen molar-refractivity contribution in [1.29, 1.82) is 0 Å². The number of carboxylic acid groups (broad SMARTS) is 1. The molecule has 0 unspecified atom stereocenters. The zero-order valence-corrected chi connectivity index (χ0v) is 6.87. The molecule has 1 rings (SSSR count). The van der Waals surface area contributed by atoms with Crippen molar-refractivity contribution in [3.63, 3.8) is 0 Å². The molecule has 0 radical (unpaired) electrons. The SMILES string of the molecule is N[C@@H](Cc1ccccc1F)C(=O)[O-]. The molecule has 0 amide bonds. The normalized spacial score (nSPS) is 12.5. The molecule has 1 aromatic rings. The second-order valence-corrected chi connectivity index (χ2v) is 2.72. The fourth-order valence-electron chi connectivity index (χ4n) is 0.984. The maximum absolute atomic E-state index is 12.9. The average molecular weight is 182 g/mol. The van der Waals surface area contributed by atoms with E-state index in [-0.39, 0.29) is 6.42 Å². The van der Waals surface area contributed by atoms with Crippen molar-refractivity contribution < 1.29 is 14.3 Å². The number of nitrogens with two attached hydrogens (primary N) is 1. The third-order valence-corrected chi connectivity index (χ3v) is 1.70. The maximum atomic E-state index is 12.9. The van der Waals surface area contributed by atoms with Crippen molar-refractivity contribution in [3.8, 4) is 0 Å². The van der Waals surface area contributed by atoms with Crippen LogP contribution >= 0.6 is 0 Å². The molecule has 3 nitrogen and oxygen atoms in total. The molecular formula is C9H9FNO2-. The lowest BCUT2D eigenvalue weighted by molar-refractivity contribution is -0.307. The van der Waals surface area contributed by atoms with E-state index in [9.17, 15) is 14.3 Å². The van der Waals surface area contributed by atoms with Gasteiger partial charge in [0, 0.05) is 6.04 Å². The Morgan fingerprint density at radius 2 is 2.15 bits per heavy atom. The Morgan fingerprint density at radius 1 is 1.54 bits per heavy atom. The molecule has 0 saturated heterocycles. The van der Waals surface area contributed by atoms with Gasteiger partial charge in [-0.2, -0.15) is 0 Å². The summed E-state index contributed by atoms with van der Waals surface area (Å²) in [5.74, 6) is -1.82. The molecule has 2 N–H and O–H groups in total. The van der Waals surface area contributed by atoms with Gasteiger partial charge in [0.1, 0.15) is 5.82 Å². The van der Waals surface area contributed by atoms with E-state index in [0.29, 0.717) is 5.56 Å². The quantitative estimate of drug-likeness (QED) is 0.681. The molecule has 13 heavy (non-hydrogen) atoms. The van der Waals surface area contributed by atoms with Crippen LogP contribution in [-0.4, -0.2) is 12.0 Å². The van der Waals surface area contributed by atoms with Crippen molar-refractivity contribution >= 4 is 5.97 Å². The van der Waals surface area contributed by atoms with Gasteiger partial charge in [0.25, 0.3) is 0 Å². The highest BCUT2D eigenvalue weighted by Crippen LogP contribution is 2.07. The van der Waals surface area contributed by atoms with Crippen LogP contribution in [0.1, 0.15) is 5.56 Å². The first-order valence-electron chi connectivity index (χ1n) is 3.81. The van der Waals surface area contributed by atoms with Gasteiger partial charge >= 0.3 is 0 Å². The van der Waals surface area contributed by atoms with E-state index in [1.54, 1.807) is 6.07 Å². The second kappa shape index (κ2) is 4.00. The Morgan fingerprint density at radius 3 is 2.69 bits per heavy atom. The lowest BCUT2D eigenvalue weighted by atomic mass is 10.1. The van der Waals surface area contributed by atoms with Gasteiger partial charge in [-0.3, -0.25) is 0 Å². The smallest absolute Gasteiger partial charge is 0.126 e. The van der Waals surface area contributed by atoms with Crippen LogP contribution in [0.15, 0.2) is 24.3 Å². The molecule has 1 aromatic carbocycles. The summed E-state index contributed by atoms with van der Waals surface area (Å²) in [5.41, 5.74) is 5.48. The van der Waals surface area contributed by atoms with Crippen LogP contribution in [0, 0.1) is 5.82 Å². The molecule has 4 heteroatoms. The van der Waals surface area contributed by atoms with Crippen molar-refractivity contribution in [2.45, 2.75) is 12.5 Å². The molecule has 0 fully saturated rings. The van der Waals surface area contributed by atoms with E-state index < -0.39 is 17.8 Å². The maximum Gasteiger partial charge on any atom is 0.126 e. The number of carboxylic acids is 1.